The lowest BCUT2D eigenvalue weighted by atomic mass is 9.95. The molecule has 2 heterocycles. The molecular weight excluding hydrogens is 446 g/mol. The second-order valence-corrected chi connectivity index (χ2v) is 8.53. The summed E-state index contributed by atoms with van der Waals surface area (Å²) in [5.41, 5.74) is 2.12. The number of phenolic OH excluding ortho intramolecular Hbond substituents is 1. The molecule has 1 aliphatic heterocycles. The molecule has 0 bridgehead atoms. The summed E-state index contributed by atoms with van der Waals surface area (Å²) < 4.78 is 5.73. The number of aromatic hydroxyl groups is 1. The van der Waals surface area contributed by atoms with Gasteiger partial charge < -0.3 is 19.9 Å². The zero-order chi connectivity index (χ0) is 24.7. The zero-order valence-corrected chi connectivity index (χ0v) is 19.1. The molecule has 176 valence electrons. The van der Waals surface area contributed by atoms with Crippen LogP contribution in [0.3, 0.4) is 0 Å². The highest BCUT2D eigenvalue weighted by molar-refractivity contribution is 6.51. The van der Waals surface area contributed by atoms with E-state index in [4.69, 9.17) is 4.74 Å². The Labute approximate surface area is 201 Å². The number of hydrogen-bond donors (Lipinski definition) is 3. The molecule has 1 unspecified atom stereocenters. The van der Waals surface area contributed by atoms with Gasteiger partial charge in [0.05, 0.1) is 28.8 Å². The molecule has 1 saturated heterocycles. The van der Waals surface area contributed by atoms with Crippen LogP contribution >= 0.6 is 0 Å². The summed E-state index contributed by atoms with van der Waals surface area (Å²) in [5, 5.41) is 21.1. The molecular formula is C27H23N3O5. The molecule has 0 spiro atoms. The van der Waals surface area contributed by atoms with Crippen LogP contribution < -0.4 is 9.64 Å². The van der Waals surface area contributed by atoms with Crippen LogP contribution in [0.4, 0.5) is 5.95 Å². The molecule has 1 atom stereocenters. The van der Waals surface area contributed by atoms with Crippen LogP contribution in [0.15, 0.2) is 78.4 Å². The Morgan fingerprint density at radius 2 is 1.77 bits per heavy atom. The largest absolute Gasteiger partial charge is 0.508 e. The zero-order valence-electron chi connectivity index (χ0n) is 19.1. The highest BCUT2D eigenvalue weighted by Crippen LogP contribution is 2.42. The maximum absolute atomic E-state index is 13.3. The smallest absolute Gasteiger partial charge is 0.302 e. The van der Waals surface area contributed by atoms with Crippen molar-refractivity contribution in [1.82, 2.24) is 9.97 Å². The van der Waals surface area contributed by atoms with Crippen molar-refractivity contribution in [3.8, 4) is 11.5 Å². The lowest BCUT2D eigenvalue weighted by Crippen LogP contribution is -2.30. The Kier molecular flexibility index (Phi) is 5.49. The molecule has 0 radical (unpaired) electrons. The van der Waals surface area contributed by atoms with Gasteiger partial charge in [0.25, 0.3) is 5.78 Å². The Balaban J connectivity index is 1.69. The van der Waals surface area contributed by atoms with Crippen molar-refractivity contribution < 1.29 is 24.5 Å². The third kappa shape index (κ3) is 3.99. The number of imidazole rings is 1. The predicted octanol–water partition coefficient (Wildman–Crippen LogP) is 4.68. The molecule has 3 aromatic carbocycles. The van der Waals surface area contributed by atoms with Crippen molar-refractivity contribution >= 4 is 34.4 Å². The fraction of sp³-hybridized carbons (Fsp3) is 0.148. The number of H-pyrrole nitrogens is 1. The summed E-state index contributed by atoms with van der Waals surface area (Å²) in [5.74, 6) is -1.24. The van der Waals surface area contributed by atoms with Crippen molar-refractivity contribution in [2.24, 2.45) is 0 Å². The summed E-state index contributed by atoms with van der Waals surface area (Å²) in [7, 11) is 0. The van der Waals surface area contributed by atoms with Gasteiger partial charge in [0.15, 0.2) is 0 Å². The van der Waals surface area contributed by atoms with E-state index in [1.807, 2.05) is 32.0 Å². The van der Waals surface area contributed by atoms with Gasteiger partial charge in [-0.25, -0.2) is 4.98 Å². The summed E-state index contributed by atoms with van der Waals surface area (Å²) in [6, 6.07) is 19.2. The van der Waals surface area contributed by atoms with Gasteiger partial charge in [0.1, 0.15) is 17.3 Å². The van der Waals surface area contributed by atoms with Gasteiger partial charge in [-0.05, 0) is 55.8 Å². The average Bonchev–Trinajstić information content (AvgIpc) is 3.37. The minimum absolute atomic E-state index is 0.0352. The third-order valence-corrected chi connectivity index (χ3v) is 5.74. The number of ketones is 1. The fourth-order valence-electron chi connectivity index (χ4n) is 4.22. The van der Waals surface area contributed by atoms with Crippen LogP contribution in [0.1, 0.15) is 31.0 Å². The number of para-hydroxylation sites is 2. The number of anilines is 1. The van der Waals surface area contributed by atoms with Crippen LogP contribution in [0.2, 0.25) is 0 Å². The Hall–Kier alpha value is -4.59. The molecule has 0 saturated carbocycles. The minimum atomic E-state index is -0.967. The minimum Gasteiger partial charge on any atom is -0.508 e. The SMILES string of the molecule is CC(C)Oc1cccc(/C(O)=C2\C(=O)C(=O)N(c3nc4ccccc4[nH]3)C2c2ccc(O)cc2)c1. The summed E-state index contributed by atoms with van der Waals surface area (Å²) >= 11 is 0. The lowest BCUT2D eigenvalue weighted by molar-refractivity contribution is -0.132. The number of fused-ring (bicyclic) bond motifs is 1. The monoisotopic (exact) mass is 469 g/mol. The average molecular weight is 469 g/mol. The van der Waals surface area contributed by atoms with Crippen LogP contribution in [0.25, 0.3) is 16.8 Å². The lowest BCUT2D eigenvalue weighted by Gasteiger charge is -2.23. The molecule has 1 amide bonds. The van der Waals surface area contributed by atoms with E-state index in [9.17, 15) is 19.8 Å². The van der Waals surface area contributed by atoms with Gasteiger partial charge in [0.2, 0.25) is 5.95 Å². The fourth-order valence-corrected chi connectivity index (χ4v) is 4.22. The number of hydrogen-bond acceptors (Lipinski definition) is 6. The Morgan fingerprint density at radius 3 is 2.49 bits per heavy atom. The molecule has 1 aromatic heterocycles. The number of rotatable bonds is 5. The number of Topliss-reactive ketones (excluding diaryl/α,β-unsaturated/α-hetero) is 1. The highest BCUT2D eigenvalue weighted by Gasteiger charge is 2.48. The van der Waals surface area contributed by atoms with Gasteiger partial charge in [-0.2, -0.15) is 0 Å². The van der Waals surface area contributed by atoms with Crippen molar-refractivity contribution in [1.29, 1.82) is 0 Å². The number of ether oxygens (including phenoxy) is 1. The number of nitrogens with zero attached hydrogens (tertiary/aromatic N) is 2. The van der Waals surface area contributed by atoms with E-state index in [2.05, 4.69) is 9.97 Å². The number of carbonyl (C=O) groups excluding carboxylic acids is 2. The third-order valence-electron chi connectivity index (χ3n) is 5.74. The first-order valence-corrected chi connectivity index (χ1v) is 11.2. The Bertz CT molecular complexity index is 1440. The molecule has 8 heteroatoms. The molecule has 3 N–H and O–H groups in total. The second-order valence-electron chi connectivity index (χ2n) is 8.53. The number of aliphatic hydroxyl groups is 1. The van der Waals surface area contributed by atoms with E-state index in [0.717, 1.165) is 0 Å². The van der Waals surface area contributed by atoms with E-state index >= 15 is 0 Å². The summed E-state index contributed by atoms with van der Waals surface area (Å²) in [6.07, 6.45) is -0.0805. The molecule has 1 aliphatic rings. The second kappa shape index (κ2) is 8.64. The number of aromatic nitrogens is 2. The van der Waals surface area contributed by atoms with Crippen molar-refractivity contribution in [3.05, 3.63) is 89.5 Å². The van der Waals surface area contributed by atoms with Crippen LogP contribution in [-0.2, 0) is 9.59 Å². The van der Waals surface area contributed by atoms with Crippen molar-refractivity contribution in [2.75, 3.05) is 4.90 Å². The van der Waals surface area contributed by atoms with Crippen LogP contribution in [0, 0.1) is 0 Å². The molecule has 8 nitrogen and oxygen atoms in total. The topological polar surface area (TPSA) is 116 Å². The van der Waals surface area contributed by atoms with Gasteiger partial charge >= 0.3 is 5.91 Å². The normalized spacial score (nSPS) is 17.5. The van der Waals surface area contributed by atoms with Gasteiger partial charge in [-0.1, -0.05) is 36.4 Å². The van der Waals surface area contributed by atoms with E-state index < -0.39 is 17.7 Å². The quantitative estimate of drug-likeness (QED) is 0.222. The first-order chi connectivity index (χ1) is 16.8. The number of aromatic amines is 1. The first-order valence-electron chi connectivity index (χ1n) is 11.2. The number of benzene rings is 3. The summed E-state index contributed by atoms with van der Waals surface area (Å²) in [4.78, 5) is 35.4. The van der Waals surface area contributed by atoms with Gasteiger partial charge in [0, 0.05) is 5.56 Å². The number of phenols is 1. The number of amides is 1. The Morgan fingerprint density at radius 1 is 1.03 bits per heavy atom. The number of aliphatic hydroxyl groups excluding tert-OH is 1. The van der Waals surface area contributed by atoms with Crippen molar-refractivity contribution in [2.45, 2.75) is 26.0 Å². The molecule has 1 fully saturated rings. The van der Waals surface area contributed by atoms with E-state index in [1.54, 1.807) is 42.5 Å². The van der Waals surface area contributed by atoms with E-state index in [-0.39, 0.29) is 29.1 Å². The summed E-state index contributed by atoms with van der Waals surface area (Å²) in [6.45, 7) is 3.77. The maximum atomic E-state index is 13.3. The molecule has 0 aliphatic carbocycles. The van der Waals surface area contributed by atoms with Crippen LogP contribution in [-0.4, -0.2) is 38.0 Å². The van der Waals surface area contributed by atoms with Crippen molar-refractivity contribution in [3.63, 3.8) is 0 Å². The highest BCUT2D eigenvalue weighted by atomic mass is 16.5. The van der Waals surface area contributed by atoms with Gasteiger partial charge in [-0.3, -0.25) is 14.5 Å². The maximum Gasteiger partial charge on any atom is 0.302 e. The van der Waals surface area contributed by atoms with E-state index in [0.29, 0.717) is 27.9 Å². The molecule has 5 rings (SSSR count). The van der Waals surface area contributed by atoms with E-state index in [1.165, 1.54) is 17.0 Å². The first kappa shape index (κ1) is 22.2. The van der Waals surface area contributed by atoms with Gasteiger partial charge in [-0.15, -0.1) is 0 Å². The van der Waals surface area contributed by atoms with Crippen LogP contribution in [0.5, 0.6) is 11.5 Å². The number of nitrogens with one attached hydrogen (secondary N) is 1. The number of carbonyl (C=O) groups is 2. The molecule has 4 aromatic rings. The standard InChI is InChI=1S/C27H23N3O5/c1-15(2)35-19-7-5-6-17(14-19)24(32)22-23(16-10-12-18(31)13-11-16)30(26(34)25(22)33)27-28-20-8-3-4-9-21(20)29-27/h3-15,23,31-32H,1-2H3,(H,28,29)/b24-22+. The molecule has 35 heavy (non-hydrogen) atoms. The predicted molar refractivity (Wildman–Crippen MR) is 131 cm³/mol.